The first-order valence-corrected chi connectivity index (χ1v) is 7.36. The number of hydrogen-bond acceptors (Lipinski definition) is 3. The van der Waals surface area contributed by atoms with Gasteiger partial charge in [0, 0.05) is 16.8 Å². The van der Waals surface area contributed by atoms with Gasteiger partial charge in [0.25, 0.3) is 5.91 Å². The molecule has 0 saturated heterocycles. The molecule has 116 valence electrons. The minimum absolute atomic E-state index is 0.0882. The lowest BCUT2D eigenvalue weighted by molar-refractivity contribution is -0.115. The number of anilines is 2. The maximum Gasteiger partial charge on any atom is 0.255 e. The van der Waals surface area contributed by atoms with Gasteiger partial charge in [0.1, 0.15) is 0 Å². The molecule has 0 atom stereocenters. The summed E-state index contributed by atoms with van der Waals surface area (Å²) in [7, 11) is 0. The molecule has 0 aliphatic carbocycles. The molecule has 0 bridgehead atoms. The van der Waals surface area contributed by atoms with Gasteiger partial charge >= 0.3 is 0 Å². The molecular formula is C17H13ClN2O3. The van der Waals surface area contributed by atoms with E-state index in [-0.39, 0.29) is 24.0 Å². The fraction of sp³-hybridized carbons (Fsp3) is 0.118. The van der Waals surface area contributed by atoms with Crippen molar-refractivity contribution in [2.24, 2.45) is 0 Å². The monoisotopic (exact) mass is 328 g/mol. The van der Waals surface area contributed by atoms with Gasteiger partial charge in [0.05, 0.1) is 17.1 Å². The van der Waals surface area contributed by atoms with Crippen LogP contribution in [-0.4, -0.2) is 17.6 Å². The summed E-state index contributed by atoms with van der Waals surface area (Å²) < 4.78 is 0. The Morgan fingerprint density at radius 3 is 2.61 bits per heavy atom. The molecule has 0 spiro atoms. The lowest BCUT2D eigenvalue weighted by Crippen LogP contribution is -2.13. The van der Waals surface area contributed by atoms with E-state index in [2.05, 4.69) is 10.6 Å². The molecule has 1 heterocycles. The van der Waals surface area contributed by atoms with Gasteiger partial charge in [-0.15, -0.1) is 0 Å². The van der Waals surface area contributed by atoms with Crippen molar-refractivity contribution in [3.05, 3.63) is 58.1 Å². The topological polar surface area (TPSA) is 75.3 Å². The number of carbonyl (C=O) groups excluding carboxylic acids is 3. The van der Waals surface area contributed by atoms with Crippen LogP contribution < -0.4 is 10.6 Å². The van der Waals surface area contributed by atoms with Crippen LogP contribution in [0, 0.1) is 0 Å². The maximum absolute atomic E-state index is 12.4. The van der Waals surface area contributed by atoms with Gasteiger partial charge in [-0.1, -0.05) is 11.6 Å². The van der Waals surface area contributed by atoms with Crippen molar-refractivity contribution in [1.29, 1.82) is 0 Å². The van der Waals surface area contributed by atoms with Crippen molar-refractivity contribution in [2.45, 2.75) is 13.3 Å². The maximum atomic E-state index is 12.4. The van der Waals surface area contributed by atoms with E-state index in [0.717, 1.165) is 11.3 Å². The van der Waals surface area contributed by atoms with Crippen LogP contribution in [0.4, 0.5) is 11.4 Å². The van der Waals surface area contributed by atoms with Crippen molar-refractivity contribution >= 4 is 40.6 Å². The van der Waals surface area contributed by atoms with Crippen LogP contribution >= 0.6 is 11.6 Å². The number of ketones is 1. The third-order valence-corrected chi connectivity index (χ3v) is 3.94. The smallest absolute Gasteiger partial charge is 0.255 e. The second kappa shape index (κ2) is 5.85. The molecule has 0 saturated carbocycles. The standard InChI is InChI=1S/C17H13ClN2O3/c1-9(21)10-2-4-13(18)15(7-10)20-17(23)11-3-5-14-12(6-11)8-16(22)19-14/h2-7H,8H2,1H3,(H,19,22)(H,20,23). The summed E-state index contributed by atoms with van der Waals surface area (Å²) in [6, 6.07) is 9.71. The van der Waals surface area contributed by atoms with E-state index < -0.39 is 0 Å². The molecule has 23 heavy (non-hydrogen) atoms. The fourth-order valence-electron chi connectivity index (χ4n) is 2.41. The molecule has 5 nitrogen and oxygen atoms in total. The summed E-state index contributed by atoms with van der Waals surface area (Å²) in [5, 5.41) is 5.76. The summed E-state index contributed by atoms with van der Waals surface area (Å²) in [4.78, 5) is 35.2. The zero-order chi connectivity index (χ0) is 16.6. The highest BCUT2D eigenvalue weighted by atomic mass is 35.5. The molecule has 0 unspecified atom stereocenters. The highest BCUT2D eigenvalue weighted by Crippen LogP contribution is 2.26. The molecule has 0 fully saturated rings. The minimum atomic E-state index is -0.352. The lowest BCUT2D eigenvalue weighted by atomic mass is 10.1. The molecule has 0 aromatic heterocycles. The number of carbonyl (C=O) groups is 3. The van der Waals surface area contributed by atoms with Crippen LogP contribution in [0.3, 0.4) is 0 Å². The number of hydrogen-bond donors (Lipinski definition) is 2. The normalized spacial score (nSPS) is 12.5. The minimum Gasteiger partial charge on any atom is -0.326 e. The molecule has 2 N–H and O–H groups in total. The van der Waals surface area contributed by atoms with Gasteiger partial charge in [-0.25, -0.2) is 0 Å². The highest BCUT2D eigenvalue weighted by molar-refractivity contribution is 6.34. The number of rotatable bonds is 3. The molecule has 1 aliphatic heterocycles. The zero-order valence-corrected chi connectivity index (χ0v) is 13.0. The van der Waals surface area contributed by atoms with E-state index in [1.807, 2.05) is 0 Å². The first-order valence-electron chi connectivity index (χ1n) is 6.98. The van der Waals surface area contributed by atoms with Crippen LogP contribution in [0.5, 0.6) is 0 Å². The van der Waals surface area contributed by atoms with Gasteiger partial charge in [0.15, 0.2) is 5.78 Å². The summed E-state index contributed by atoms with van der Waals surface area (Å²) in [6.45, 7) is 1.44. The first-order chi connectivity index (χ1) is 10.9. The summed E-state index contributed by atoms with van der Waals surface area (Å²) in [5.74, 6) is -0.552. The highest BCUT2D eigenvalue weighted by Gasteiger charge is 2.19. The largest absolute Gasteiger partial charge is 0.326 e. The number of nitrogens with one attached hydrogen (secondary N) is 2. The predicted molar refractivity (Wildman–Crippen MR) is 88.2 cm³/mol. The number of halogens is 1. The average Bonchev–Trinajstić information content (AvgIpc) is 2.88. The number of fused-ring (bicyclic) bond motifs is 1. The van der Waals surface area contributed by atoms with Gasteiger partial charge in [-0.05, 0) is 48.9 Å². The third kappa shape index (κ3) is 3.10. The van der Waals surface area contributed by atoms with Gasteiger partial charge in [-0.2, -0.15) is 0 Å². The Balaban J connectivity index is 1.85. The molecule has 2 amide bonds. The molecule has 3 rings (SSSR count). The fourth-order valence-corrected chi connectivity index (χ4v) is 2.57. The van der Waals surface area contributed by atoms with E-state index in [9.17, 15) is 14.4 Å². The van der Waals surface area contributed by atoms with Crippen LogP contribution in [0.1, 0.15) is 33.2 Å². The van der Waals surface area contributed by atoms with Crippen molar-refractivity contribution in [3.63, 3.8) is 0 Å². The van der Waals surface area contributed by atoms with Crippen LogP contribution in [0.2, 0.25) is 5.02 Å². The second-order valence-corrected chi connectivity index (χ2v) is 5.71. The Kier molecular flexibility index (Phi) is 3.88. The molecule has 2 aromatic carbocycles. The second-order valence-electron chi connectivity index (χ2n) is 5.30. The first kappa shape index (κ1) is 15.2. The van der Waals surface area contributed by atoms with Crippen LogP contribution in [-0.2, 0) is 11.2 Å². The number of amides is 2. The number of Topliss-reactive ketones (excluding diaryl/α,β-unsaturated/α-hetero) is 1. The van der Waals surface area contributed by atoms with E-state index in [1.165, 1.54) is 6.92 Å². The van der Waals surface area contributed by atoms with Crippen molar-refractivity contribution < 1.29 is 14.4 Å². The summed E-state index contributed by atoms with van der Waals surface area (Å²) >= 11 is 6.06. The molecule has 6 heteroatoms. The van der Waals surface area contributed by atoms with Crippen molar-refractivity contribution in [2.75, 3.05) is 10.6 Å². The Morgan fingerprint density at radius 1 is 1.13 bits per heavy atom. The Bertz CT molecular complexity index is 846. The Labute approximate surface area is 137 Å². The van der Waals surface area contributed by atoms with E-state index in [0.29, 0.717) is 21.8 Å². The summed E-state index contributed by atoms with van der Waals surface area (Å²) in [6.07, 6.45) is 0.261. The molecule has 0 radical (unpaired) electrons. The van der Waals surface area contributed by atoms with E-state index in [1.54, 1.807) is 36.4 Å². The predicted octanol–water partition coefficient (Wildman–Crippen LogP) is 3.29. The van der Waals surface area contributed by atoms with Crippen LogP contribution in [0.15, 0.2) is 36.4 Å². The van der Waals surface area contributed by atoms with Crippen molar-refractivity contribution in [3.8, 4) is 0 Å². The summed E-state index contributed by atoms with van der Waals surface area (Å²) in [5.41, 5.74) is 2.77. The quantitative estimate of drug-likeness (QED) is 0.849. The van der Waals surface area contributed by atoms with Gasteiger partial charge < -0.3 is 10.6 Å². The average molecular weight is 329 g/mol. The molecule has 2 aromatic rings. The SMILES string of the molecule is CC(=O)c1ccc(Cl)c(NC(=O)c2ccc3c(c2)CC(=O)N3)c1. The zero-order valence-electron chi connectivity index (χ0n) is 12.3. The third-order valence-electron chi connectivity index (χ3n) is 3.61. The van der Waals surface area contributed by atoms with Gasteiger partial charge in [-0.3, -0.25) is 14.4 Å². The Morgan fingerprint density at radius 2 is 1.87 bits per heavy atom. The molecular weight excluding hydrogens is 316 g/mol. The van der Waals surface area contributed by atoms with E-state index in [4.69, 9.17) is 11.6 Å². The van der Waals surface area contributed by atoms with Gasteiger partial charge in [0.2, 0.25) is 5.91 Å². The van der Waals surface area contributed by atoms with E-state index >= 15 is 0 Å². The molecule has 1 aliphatic rings. The van der Waals surface area contributed by atoms with Crippen molar-refractivity contribution in [1.82, 2.24) is 0 Å². The number of benzene rings is 2. The lowest BCUT2D eigenvalue weighted by Gasteiger charge is -2.09. The Hall–Kier alpha value is -2.66. The van der Waals surface area contributed by atoms with Crippen LogP contribution in [0.25, 0.3) is 0 Å².